The van der Waals surface area contributed by atoms with E-state index in [1.165, 1.54) is 11.3 Å². The topological polar surface area (TPSA) is 80.6 Å². The van der Waals surface area contributed by atoms with Gasteiger partial charge in [0.2, 0.25) is 0 Å². The molecule has 0 spiro atoms. The highest BCUT2D eigenvalue weighted by Crippen LogP contribution is 2.23. The first-order valence-corrected chi connectivity index (χ1v) is 10.7. The van der Waals surface area contributed by atoms with E-state index in [9.17, 15) is 9.59 Å². The van der Waals surface area contributed by atoms with Crippen LogP contribution in [0.3, 0.4) is 0 Å². The van der Waals surface area contributed by atoms with Crippen LogP contribution >= 0.6 is 22.9 Å². The van der Waals surface area contributed by atoms with Crippen LogP contribution in [0.15, 0.2) is 42.0 Å². The minimum atomic E-state index is -0.604. The number of esters is 1. The average Bonchev–Trinajstić information content (AvgIpc) is 3.41. The highest BCUT2D eigenvalue weighted by Gasteiger charge is 2.23. The molecule has 10 heteroatoms. The summed E-state index contributed by atoms with van der Waals surface area (Å²) in [6, 6.07) is 7.65. The van der Waals surface area contributed by atoms with Gasteiger partial charge < -0.3 is 14.5 Å². The van der Waals surface area contributed by atoms with Gasteiger partial charge in [0, 0.05) is 61.1 Å². The summed E-state index contributed by atoms with van der Waals surface area (Å²) in [7, 11) is 1.81. The summed E-state index contributed by atoms with van der Waals surface area (Å²) < 4.78 is 6.85. The van der Waals surface area contributed by atoms with E-state index in [4.69, 9.17) is 16.3 Å². The van der Waals surface area contributed by atoms with Crippen LogP contribution in [0.25, 0.3) is 10.6 Å². The number of benzene rings is 1. The lowest BCUT2D eigenvalue weighted by Crippen LogP contribution is -2.49. The van der Waals surface area contributed by atoms with Gasteiger partial charge in [0.05, 0.1) is 6.20 Å². The third-order valence-electron chi connectivity index (χ3n) is 4.80. The maximum atomic E-state index is 12.4. The Bertz CT molecular complexity index is 1060. The number of halogens is 1. The summed E-state index contributed by atoms with van der Waals surface area (Å²) in [5, 5.41) is 7.08. The lowest BCUT2D eigenvalue weighted by molar-refractivity contribution is -0.134. The Labute approximate surface area is 182 Å². The average molecular weight is 446 g/mol. The predicted octanol–water partition coefficient (Wildman–Crippen LogP) is 2.70. The molecule has 156 valence electrons. The second-order valence-corrected chi connectivity index (χ2v) is 8.16. The number of carbonyl (C=O) groups is 2. The van der Waals surface area contributed by atoms with Gasteiger partial charge in [0.25, 0.3) is 5.91 Å². The quantitative estimate of drug-likeness (QED) is 0.562. The number of amides is 1. The van der Waals surface area contributed by atoms with Crippen molar-refractivity contribution in [3.63, 3.8) is 0 Å². The smallest absolute Gasteiger partial charge is 0.358 e. The van der Waals surface area contributed by atoms with Crippen LogP contribution in [0.4, 0.5) is 5.69 Å². The third kappa shape index (κ3) is 4.63. The molecule has 3 heterocycles. The van der Waals surface area contributed by atoms with Crippen molar-refractivity contribution >= 4 is 40.5 Å². The number of anilines is 1. The number of ether oxygens (including phenoxy) is 1. The number of piperazine rings is 1. The summed E-state index contributed by atoms with van der Waals surface area (Å²) in [6.45, 7) is 2.21. The van der Waals surface area contributed by atoms with Crippen molar-refractivity contribution in [1.82, 2.24) is 19.7 Å². The number of thiazole rings is 1. The normalized spacial score (nSPS) is 14.1. The Morgan fingerprint density at radius 3 is 2.73 bits per heavy atom. The van der Waals surface area contributed by atoms with Gasteiger partial charge in [-0.05, 0) is 18.2 Å². The number of carbonyl (C=O) groups excluding carboxylic acids is 2. The molecule has 1 saturated heterocycles. The predicted molar refractivity (Wildman–Crippen MR) is 115 cm³/mol. The number of hydrogen-bond acceptors (Lipinski definition) is 7. The molecule has 1 fully saturated rings. The van der Waals surface area contributed by atoms with Crippen LogP contribution in [0.2, 0.25) is 5.02 Å². The van der Waals surface area contributed by atoms with Gasteiger partial charge in [-0.1, -0.05) is 17.7 Å². The summed E-state index contributed by atoms with van der Waals surface area (Å²) in [5.41, 5.74) is 2.06. The van der Waals surface area contributed by atoms with Crippen LogP contribution in [0.5, 0.6) is 0 Å². The Hall–Kier alpha value is -2.91. The van der Waals surface area contributed by atoms with Gasteiger partial charge >= 0.3 is 5.97 Å². The van der Waals surface area contributed by atoms with Gasteiger partial charge in [0.1, 0.15) is 5.01 Å². The SMILES string of the molecule is Cn1cc(-c2nc(C(=O)OCC(=O)N3CCN(c4cccc(Cl)c4)CC3)cs2)cn1. The first kappa shape index (κ1) is 20.4. The maximum Gasteiger partial charge on any atom is 0.358 e. The fourth-order valence-corrected chi connectivity index (χ4v) is 4.16. The molecule has 0 bridgehead atoms. The Morgan fingerprint density at radius 2 is 2.03 bits per heavy atom. The summed E-state index contributed by atoms with van der Waals surface area (Å²) >= 11 is 7.38. The van der Waals surface area contributed by atoms with Crippen molar-refractivity contribution in [2.45, 2.75) is 0 Å². The van der Waals surface area contributed by atoms with Gasteiger partial charge in [-0.25, -0.2) is 9.78 Å². The van der Waals surface area contributed by atoms with E-state index in [2.05, 4.69) is 15.0 Å². The minimum absolute atomic E-state index is 0.192. The fraction of sp³-hybridized carbons (Fsp3) is 0.300. The molecule has 1 aliphatic rings. The highest BCUT2D eigenvalue weighted by atomic mass is 35.5. The van der Waals surface area contributed by atoms with Crippen molar-refractivity contribution in [1.29, 1.82) is 0 Å². The first-order chi connectivity index (χ1) is 14.5. The van der Waals surface area contributed by atoms with E-state index in [-0.39, 0.29) is 18.2 Å². The Morgan fingerprint density at radius 1 is 1.23 bits per heavy atom. The van der Waals surface area contributed by atoms with Gasteiger partial charge in [0.15, 0.2) is 12.3 Å². The van der Waals surface area contributed by atoms with Crippen LogP contribution in [0.1, 0.15) is 10.5 Å². The minimum Gasteiger partial charge on any atom is -0.451 e. The molecule has 0 saturated carbocycles. The second-order valence-electron chi connectivity index (χ2n) is 6.86. The summed E-state index contributed by atoms with van der Waals surface area (Å²) in [6.07, 6.45) is 3.50. The van der Waals surface area contributed by atoms with Crippen molar-refractivity contribution in [2.24, 2.45) is 7.05 Å². The van der Waals surface area contributed by atoms with Gasteiger partial charge in [-0.3, -0.25) is 9.48 Å². The lowest BCUT2D eigenvalue weighted by atomic mass is 10.2. The fourth-order valence-electron chi connectivity index (χ4n) is 3.21. The number of hydrogen-bond donors (Lipinski definition) is 0. The Balaban J connectivity index is 1.27. The number of aryl methyl sites for hydroxylation is 1. The molecule has 0 N–H and O–H groups in total. The number of rotatable bonds is 5. The van der Waals surface area contributed by atoms with Crippen molar-refractivity contribution in [3.05, 3.63) is 52.8 Å². The van der Waals surface area contributed by atoms with Crippen LogP contribution in [-0.2, 0) is 16.6 Å². The number of aromatic nitrogens is 3. The van der Waals surface area contributed by atoms with Crippen molar-refractivity contribution in [3.8, 4) is 10.6 Å². The summed E-state index contributed by atoms with van der Waals surface area (Å²) in [4.78, 5) is 32.9. The molecule has 1 aromatic carbocycles. The summed E-state index contributed by atoms with van der Waals surface area (Å²) in [5.74, 6) is -0.816. The van der Waals surface area contributed by atoms with E-state index < -0.39 is 5.97 Å². The molecule has 4 rings (SSSR count). The van der Waals surface area contributed by atoms with Gasteiger partial charge in [-0.15, -0.1) is 11.3 Å². The zero-order chi connectivity index (χ0) is 21.1. The van der Waals surface area contributed by atoms with Crippen LogP contribution in [-0.4, -0.2) is 64.3 Å². The zero-order valence-electron chi connectivity index (χ0n) is 16.3. The van der Waals surface area contributed by atoms with E-state index in [0.717, 1.165) is 11.3 Å². The van der Waals surface area contributed by atoms with E-state index >= 15 is 0 Å². The molecule has 0 radical (unpaired) electrons. The number of nitrogens with zero attached hydrogens (tertiary/aromatic N) is 5. The molecule has 0 aliphatic carbocycles. The molecule has 1 aliphatic heterocycles. The molecule has 1 amide bonds. The molecular formula is C20H20ClN5O3S. The molecule has 8 nitrogen and oxygen atoms in total. The van der Waals surface area contributed by atoms with E-state index in [1.54, 1.807) is 21.2 Å². The first-order valence-electron chi connectivity index (χ1n) is 9.39. The standard InChI is InChI=1S/C20H20ClN5O3S/c1-24-11-14(10-22-24)19-23-17(13-30-19)20(28)29-12-18(27)26-7-5-25(6-8-26)16-4-2-3-15(21)9-16/h2-4,9-11,13H,5-8,12H2,1H3. The van der Waals surface area contributed by atoms with Crippen LogP contribution < -0.4 is 4.90 Å². The maximum absolute atomic E-state index is 12.4. The second kappa shape index (κ2) is 8.85. The van der Waals surface area contributed by atoms with Gasteiger partial charge in [-0.2, -0.15) is 5.10 Å². The zero-order valence-corrected chi connectivity index (χ0v) is 17.9. The van der Waals surface area contributed by atoms with Crippen molar-refractivity contribution < 1.29 is 14.3 Å². The molecule has 30 heavy (non-hydrogen) atoms. The molecule has 2 aromatic heterocycles. The monoisotopic (exact) mass is 445 g/mol. The molecular weight excluding hydrogens is 426 g/mol. The molecule has 3 aromatic rings. The molecule has 0 atom stereocenters. The highest BCUT2D eigenvalue weighted by molar-refractivity contribution is 7.13. The van der Waals surface area contributed by atoms with E-state index in [0.29, 0.717) is 36.2 Å². The van der Waals surface area contributed by atoms with E-state index in [1.807, 2.05) is 37.5 Å². The Kier molecular flexibility index (Phi) is 6.01. The van der Waals surface area contributed by atoms with Crippen molar-refractivity contribution in [2.75, 3.05) is 37.7 Å². The largest absolute Gasteiger partial charge is 0.451 e. The molecule has 0 unspecified atom stereocenters. The van der Waals surface area contributed by atoms with Crippen LogP contribution in [0, 0.1) is 0 Å². The third-order valence-corrected chi connectivity index (χ3v) is 5.92. The lowest BCUT2D eigenvalue weighted by Gasteiger charge is -2.36.